The third-order valence-corrected chi connectivity index (χ3v) is 5.31. The highest BCUT2D eigenvalue weighted by molar-refractivity contribution is 5.72. The molecule has 2 rings (SSSR count). The lowest BCUT2D eigenvalue weighted by Gasteiger charge is -2.44. The molecule has 0 aromatic heterocycles. The minimum Gasteiger partial charge on any atom is -0.461 e. The van der Waals surface area contributed by atoms with Crippen molar-refractivity contribution in [2.75, 3.05) is 0 Å². The number of aliphatic hydroxyl groups excluding tert-OH is 1. The monoisotopic (exact) mass is 306 g/mol. The van der Waals surface area contributed by atoms with E-state index in [4.69, 9.17) is 4.74 Å². The molecule has 0 radical (unpaired) electrons. The largest absolute Gasteiger partial charge is 0.461 e. The number of fused-ring (bicyclic) bond motifs is 1. The third-order valence-electron chi connectivity index (χ3n) is 5.31. The van der Waals surface area contributed by atoms with Crippen LogP contribution in [0.1, 0.15) is 47.5 Å². The number of hydrogen-bond donors (Lipinski definition) is 1. The fraction of sp³-hybridized carbons (Fsp3) is 0.737. The van der Waals surface area contributed by atoms with E-state index < -0.39 is 6.10 Å². The first-order valence-electron chi connectivity index (χ1n) is 8.63. The van der Waals surface area contributed by atoms with E-state index in [0.717, 1.165) is 12.0 Å². The molecule has 0 bridgehead atoms. The molecule has 0 fully saturated rings. The van der Waals surface area contributed by atoms with Gasteiger partial charge in [0.2, 0.25) is 0 Å². The number of aliphatic hydroxyl groups is 1. The van der Waals surface area contributed by atoms with Gasteiger partial charge in [-0.15, -0.1) is 0 Å². The van der Waals surface area contributed by atoms with Gasteiger partial charge in [0.25, 0.3) is 0 Å². The van der Waals surface area contributed by atoms with Crippen molar-refractivity contribution < 1.29 is 14.6 Å². The summed E-state index contributed by atoms with van der Waals surface area (Å²) in [6, 6.07) is 0. The van der Waals surface area contributed by atoms with Crippen LogP contribution in [0.5, 0.6) is 0 Å². The molecule has 2 aliphatic carbocycles. The maximum atomic E-state index is 12.2. The zero-order valence-electron chi connectivity index (χ0n) is 14.5. The molecule has 1 N–H and O–H groups in total. The summed E-state index contributed by atoms with van der Waals surface area (Å²) in [6.07, 6.45) is 6.84. The second-order valence-electron chi connectivity index (χ2n) is 7.32. The van der Waals surface area contributed by atoms with Crippen molar-refractivity contribution in [2.45, 2.75) is 59.7 Å². The van der Waals surface area contributed by atoms with Gasteiger partial charge in [-0.3, -0.25) is 4.79 Å². The molecule has 22 heavy (non-hydrogen) atoms. The number of allylic oxidation sites excluding steroid dienone is 2. The molecule has 0 aromatic carbocycles. The molecule has 0 heterocycles. The number of ether oxygens (including phenoxy) is 1. The van der Waals surface area contributed by atoms with Crippen molar-refractivity contribution in [2.24, 2.45) is 29.6 Å². The standard InChI is InChI=1S/C19H30O3/c1-6-12(4)19(21)22-16-10-15(20)9-14-8-7-13(5)17(11(2)3)18(14)16/h7-9,11-13,15-18,20H,6,10H2,1-5H3/t12-,13+,15+,16?,17-,18?/m0/s1. The molecule has 3 nitrogen and oxygen atoms in total. The smallest absolute Gasteiger partial charge is 0.308 e. The Balaban J connectivity index is 2.28. The van der Waals surface area contributed by atoms with E-state index in [1.165, 1.54) is 0 Å². The number of hydrogen-bond acceptors (Lipinski definition) is 3. The maximum absolute atomic E-state index is 12.2. The van der Waals surface area contributed by atoms with Gasteiger partial charge in [-0.2, -0.15) is 0 Å². The minimum atomic E-state index is -0.521. The Morgan fingerprint density at radius 3 is 2.68 bits per heavy atom. The highest BCUT2D eigenvalue weighted by atomic mass is 16.5. The van der Waals surface area contributed by atoms with E-state index in [0.29, 0.717) is 24.2 Å². The molecule has 0 spiro atoms. The molecule has 124 valence electrons. The SMILES string of the molecule is CC[C@H](C)C(=O)OC1C[C@H](O)C=C2C=C[C@@H](C)[C@H](C(C)C)C21. The van der Waals surface area contributed by atoms with Gasteiger partial charge in [-0.05, 0) is 29.7 Å². The second kappa shape index (κ2) is 6.99. The molecule has 6 atom stereocenters. The van der Waals surface area contributed by atoms with Gasteiger partial charge < -0.3 is 9.84 Å². The summed E-state index contributed by atoms with van der Waals surface area (Å²) in [4.78, 5) is 12.2. The summed E-state index contributed by atoms with van der Waals surface area (Å²) in [7, 11) is 0. The Bertz CT molecular complexity index is 463. The van der Waals surface area contributed by atoms with Crippen LogP contribution in [0.25, 0.3) is 0 Å². The number of esters is 1. The lowest BCUT2D eigenvalue weighted by atomic mass is 9.64. The molecule has 0 aliphatic heterocycles. The van der Waals surface area contributed by atoms with E-state index in [1.54, 1.807) is 0 Å². The first-order chi connectivity index (χ1) is 10.3. The van der Waals surface area contributed by atoms with Crippen LogP contribution in [-0.2, 0) is 9.53 Å². The molecule has 2 aliphatic rings. The van der Waals surface area contributed by atoms with Crippen molar-refractivity contribution in [3.05, 3.63) is 23.8 Å². The van der Waals surface area contributed by atoms with E-state index in [1.807, 2.05) is 19.9 Å². The normalized spacial score (nSPS) is 35.8. The Kier molecular flexibility index (Phi) is 5.49. The summed E-state index contributed by atoms with van der Waals surface area (Å²) in [5.41, 5.74) is 1.14. The highest BCUT2D eigenvalue weighted by Gasteiger charge is 2.43. The fourth-order valence-corrected chi connectivity index (χ4v) is 3.93. The van der Waals surface area contributed by atoms with Crippen molar-refractivity contribution in [3.63, 3.8) is 0 Å². The zero-order chi connectivity index (χ0) is 16.4. The topological polar surface area (TPSA) is 46.5 Å². The molecular weight excluding hydrogens is 276 g/mol. The first-order valence-corrected chi connectivity index (χ1v) is 8.63. The molecule has 0 aromatic rings. The molecule has 0 saturated carbocycles. The molecule has 0 saturated heterocycles. The van der Waals surface area contributed by atoms with Crippen molar-refractivity contribution >= 4 is 5.97 Å². The quantitative estimate of drug-likeness (QED) is 0.805. The van der Waals surface area contributed by atoms with Crippen molar-refractivity contribution in [3.8, 4) is 0 Å². The van der Waals surface area contributed by atoms with Gasteiger partial charge >= 0.3 is 5.97 Å². The summed E-state index contributed by atoms with van der Waals surface area (Å²) in [5, 5.41) is 10.1. The van der Waals surface area contributed by atoms with Gasteiger partial charge in [0.1, 0.15) is 6.10 Å². The molecule has 2 unspecified atom stereocenters. The third kappa shape index (κ3) is 3.45. The zero-order valence-corrected chi connectivity index (χ0v) is 14.5. The Hall–Kier alpha value is -1.09. The van der Waals surface area contributed by atoms with E-state index in [2.05, 4.69) is 32.9 Å². The van der Waals surface area contributed by atoms with Crippen LogP contribution in [0, 0.1) is 29.6 Å². The average molecular weight is 306 g/mol. The van der Waals surface area contributed by atoms with Crippen LogP contribution >= 0.6 is 0 Å². The van der Waals surface area contributed by atoms with E-state index in [9.17, 15) is 9.90 Å². The van der Waals surface area contributed by atoms with Crippen molar-refractivity contribution in [1.82, 2.24) is 0 Å². The Morgan fingerprint density at radius 1 is 1.41 bits per heavy atom. The van der Waals surface area contributed by atoms with Crippen LogP contribution in [0.3, 0.4) is 0 Å². The average Bonchev–Trinajstić information content (AvgIpc) is 2.46. The summed E-state index contributed by atoms with van der Waals surface area (Å²) >= 11 is 0. The first kappa shape index (κ1) is 17.3. The van der Waals surface area contributed by atoms with E-state index >= 15 is 0 Å². The Morgan fingerprint density at radius 2 is 2.09 bits per heavy atom. The number of carbonyl (C=O) groups excluding carboxylic acids is 1. The highest BCUT2D eigenvalue weighted by Crippen LogP contribution is 2.44. The molecular formula is C19H30O3. The fourth-order valence-electron chi connectivity index (χ4n) is 3.93. The minimum absolute atomic E-state index is 0.0828. The number of carbonyl (C=O) groups is 1. The lowest BCUT2D eigenvalue weighted by Crippen LogP contribution is -2.44. The number of rotatable bonds is 4. The molecule has 3 heteroatoms. The second-order valence-corrected chi connectivity index (χ2v) is 7.32. The van der Waals surface area contributed by atoms with Crippen LogP contribution in [0.4, 0.5) is 0 Å². The summed E-state index contributed by atoms with van der Waals surface area (Å²) in [5.74, 6) is 1.40. The summed E-state index contributed by atoms with van der Waals surface area (Å²) < 4.78 is 5.84. The predicted molar refractivity (Wildman–Crippen MR) is 88.2 cm³/mol. The van der Waals surface area contributed by atoms with Crippen LogP contribution in [-0.4, -0.2) is 23.3 Å². The van der Waals surface area contributed by atoms with Gasteiger partial charge in [0.05, 0.1) is 12.0 Å². The lowest BCUT2D eigenvalue weighted by molar-refractivity contribution is -0.159. The van der Waals surface area contributed by atoms with Gasteiger partial charge in [-0.1, -0.05) is 52.8 Å². The van der Waals surface area contributed by atoms with Gasteiger partial charge in [0.15, 0.2) is 0 Å². The predicted octanol–water partition coefficient (Wildman–Crippen LogP) is 3.73. The van der Waals surface area contributed by atoms with Gasteiger partial charge in [0, 0.05) is 12.3 Å². The van der Waals surface area contributed by atoms with Crippen LogP contribution in [0.15, 0.2) is 23.8 Å². The van der Waals surface area contributed by atoms with E-state index in [-0.39, 0.29) is 23.9 Å². The van der Waals surface area contributed by atoms with Crippen molar-refractivity contribution in [1.29, 1.82) is 0 Å². The van der Waals surface area contributed by atoms with Gasteiger partial charge in [-0.25, -0.2) is 0 Å². The Labute approximate surface area is 134 Å². The van der Waals surface area contributed by atoms with Crippen LogP contribution < -0.4 is 0 Å². The molecule has 0 amide bonds. The van der Waals surface area contributed by atoms with Crippen LogP contribution in [0.2, 0.25) is 0 Å². The summed E-state index contributed by atoms with van der Waals surface area (Å²) in [6.45, 7) is 10.6. The maximum Gasteiger partial charge on any atom is 0.308 e.